The van der Waals surface area contributed by atoms with Gasteiger partial charge in [-0.25, -0.2) is 0 Å². The van der Waals surface area contributed by atoms with Crippen LogP contribution in [0.15, 0.2) is 0 Å². The lowest BCUT2D eigenvalue weighted by molar-refractivity contribution is 0.215. The molecule has 104 valence electrons. The van der Waals surface area contributed by atoms with Crippen molar-refractivity contribution in [3.8, 4) is 0 Å². The molecule has 0 aromatic rings. The predicted molar refractivity (Wildman–Crippen MR) is 64.6 cm³/mol. The molecule has 0 bridgehead atoms. The summed E-state index contributed by atoms with van der Waals surface area (Å²) >= 11 is 0. The molecule has 0 radical (unpaired) electrons. The van der Waals surface area contributed by atoms with Crippen LogP contribution in [-0.4, -0.2) is 32.6 Å². The standard InChI is InChI=1S/C9H20O6S2/c1-3-4-5-6-7-9(2)15-17(13,14)8-16(10,11)12/h9H,3-8H2,1-2H3,(H,10,11,12). The molecule has 0 amide bonds. The molecule has 0 aliphatic carbocycles. The van der Waals surface area contributed by atoms with E-state index in [1.165, 1.54) is 0 Å². The molecule has 6 nitrogen and oxygen atoms in total. The first-order chi connectivity index (χ1) is 7.66. The molecule has 0 aliphatic rings. The zero-order chi connectivity index (χ0) is 13.5. The first-order valence-corrected chi connectivity index (χ1v) is 8.71. The van der Waals surface area contributed by atoms with E-state index in [9.17, 15) is 16.8 Å². The van der Waals surface area contributed by atoms with E-state index in [-0.39, 0.29) is 0 Å². The monoisotopic (exact) mass is 288 g/mol. The van der Waals surface area contributed by atoms with E-state index in [1.807, 2.05) is 0 Å². The van der Waals surface area contributed by atoms with Crippen LogP contribution in [0.2, 0.25) is 0 Å². The van der Waals surface area contributed by atoms with Crippen molar-refractivity contribution in [1.82, 2.24) is 0 Å². The van der Waals surface area contributed by atoms with Crippen molar-refractivity contribution in [2.24, 2.45) is 0 Å². The minimum Gasteiger partial charge on any atom is -0.285 e. The number of rotatable bonds is 9. The fourth-order valence-electron chi connectivity index (χ4n) is 1.37. The lowest BCUT2D eigenvalue weighted by Gasteiger charge is -2.11. The van der Waals surface area contributed by atoms with E-state index in [1.54, 1.807) is 6.92 Å². The van der Waals surface area contributed by atoms with Crippen molar-refractivity contribution < 1.29 is 25.6 Å². The normalized spacial score (nSPS) is 14.8. The van der Waals surface area contributed by atoms with Crippen LogP contribution in [0.25, 0.3) is 0 Å². The Kier molecular flexibility index (Phi) is 7.22. The summed E-state index contributed by atoms with van der Waals surface area (Å²) in [5.41, 5.74) is 0. The Morgan fingerprint density at radius 1 is 1.12 bits per heavy atom. The van der Waals surface area contributed by atoms with E-state index >= 15 is 0 Å². The molecule has 1 N–H and O–H groups in total. The van der Waals surface area contributed by atoms with Crippen molar-refractivity contribution in [1.29, 1.82) is 0 Å². The molecule has 0 rings (SSSR count). The van der Waals surface area contributed by atoms with Crippen molar-refractivity contribution in [3.63, 3.8) is 0 Å². The van der Waals surface area contributed by atoms with E-state index < -0.39 is 31.4 Å². The van der Waals surface area contributed by atoms with Crippen LogP contribution in [0.1, 0.15) is 46.0 Å². The lowest BCUT2D eigenvalue weighted by Crippen LogP contribution is -2.22. The summed E-state index contributed by atoms with van der Waals surface area (Å²) in [6.45, 7) is 3.63. The van der Waals surface area contributed by atoms with Gasteiger partial charge in [0.05, 0.1) is 6.10 Å². The molecule has 0 aromatic carbocycles. The van der Waals surface area contributed by atoms with Gasteiger partial charge in [-0.3, -0.25) is 8.74 Å². The van der Waals surface area contributed by atoms with E-state index in [0.717, 1.165) is 25.7 Å². The average Bonchev–Trinajstić information content (AvgIpc) is 2.07. The zero-order valence-corrected chi connectivity index (χ0v) is 11.8. The van der Waals surface area contributed by atoms with Gasteiger partial charge in [0.2, 0.25) is 5.08 Å². The summed E-state index contributed by atoms with van der Waals surface area (Å²) < 4.78 is 56.3. The van der Waals surface area contributed by atoms with Gasteiger partial charge in [-0.2, -0.15) is 16.8 Å². The van der Waals surface area contributed by atoms with Gasteiger partial charge < -0.3 is 0 Å². The lowest BCUT2D eigenvalue weighted by atomic mass is 10.1. The molecule has 0 fully saturated rings. The highest BCUT2D eigenvalue weighted by atomic mass is 32.3. The third kappa shape index (κ3) is 10.7. The van der Waals surface area contributed by atoms with Crippen molar-refractivity contribution in [2.45, 2.75) is 52.1 Å². The molecule has 17 heavy (non-hydrogen) atoms. The van der Waals surface area contributed by atoms with Crippen LogP contribution >= 0.6 is 0 Å². The summed E-state index contributed by atoms with van der Waals surface area (Å²) in [7, 11) is -8.79. The Labute approximate surface area is 103 Å². The summed E-state index contributed by atoms with van der Waals surface area (Å²) in [5, 5.41) is -1.39. The molecule has 0 saturated carbocycles. The van der Waals surface area contributed by atoms with E-state index in [2.05, 4.69) is 11.1 Å². The molecule has 1 atom stereocenters. The minimum atomic E-state index is -4.57. The quantitative estimate of drug-likeness (QED) is 0.392. The molecule has 0 aromatic heterocycles. The van der Waals surface area contributed by atoms with Crippen molar-refractivity contribution >= 4 is 20.2 Å². The molecular weight excluding hydrogens is 268 g/mol. The van der Waals surface area contributed by atoms with Gasteiger partial charge in [0, 0.05) is 0 Å². The second-order valence-electron chi connectivity index (χ2n) is 4.01. The second kappa shape index (κ2) is 7.30. The smallest absolute Gasteiger partial charge is 0.284 e. The van der Waals surface area contributed by atoms with Gasteiger partial charge in [-0.05, 0) is 13.3 Å². The molecular formula is C9H20O6S2. The Morgan fingerprint density at radius 3 is 2.18 bits per heavy atom. The Hall–Kier alpha value is -0.180. The summed E-state index contributed by atoms with van der Waals surface area (Å²) in [6, 6.07) is 0. The maximum Gasteiger partial charge on any atom is 0.284 e. The largest absolute Gasteiger partial charge is 0.285 e. The first-order valence-electron chi connectivity index (χ1n) is 5.52. The van der Waals surface area contributed by atoms with E-state index in [4.69, 9.17) is 4.55 Å². The molecule has 8 heteroatoms. The fraction of sp³-hybridized carbons (Fsp3) is 1.00. The zero-order valence-electron chi connectivity index (χ0n) is 10.1. The van der Waals surface area contributed by atoms with Crippen molar-refractivity contribution in [2.75, 3.05) is 5.08 Å². The summed E-state index contributed by atoms with van der Waals surface area (Å²) in [4.78, 5) is 0. The summed E-state index contributed by atoms with van der Waals surface area (Å²) in [6.07, 6.45) is 3.95. The maximum atomic E-state index is 11.2. The van der Waals surface area contributed by atoms with Crippen LogP contribution in [0.3, 0.4) is 0 Å². The first kappa shape index (κ1) is 16.8. The van der Waals surface area contributed by atoms with Gasteiger partial charge in [0.15, 0.2) is 0 Å². The average molecular weight is 288 g/mol. The Bertz CT molecular complexity index is 397. The number of hydrogen-bond donors (Lipinski definition) is 1. The van der Waals surface area contributed by atoms with Crippen LogP contribution in [0.5, 0.6) is 0 Å². The fourth-order valence-corrected chi connectivity index (χ4v) is 3.65. The third-order valence-electron chi connectivity index (χ3n) is 2.07. The number of hydrogen-bond acceptors (Lipinski definition) is 5. The van der Waals surface area contributed by atoms with Gasteiger partial charge in [0.25, 0.3) is 20.2 Å². The maximum absolute atomic E-state index is 11.2. The van der Waals surface area contributed by atoms with Crippen LogP contribution in [0, 0.1) is 0 Å². The topological polar surface area (TPSA) is 97.7 Å². The molecule has 1 unspecified atom stereocenters. The number of unbranched alkanes of at least 4 members (excludes halogenated alkanes) is 3. The van der Waals surface area contributed by atoms with Gasteiger partial charge in [-0.1, -0.05) is 32.6 Å². The van der Waals surface area contributed by atoms with Gasteiger partial charge in [0.1, 0.15) is 0 Å². The third-order valence-corrected chi connectivity index (χ3v) is 5.04. The van der Waals surface area contributed by atoms with Crippen LogP contribution in [-0.2, 0) is 24.4 Å². The summed E-state index contributed by atoms with van der Waals surface area (Å²) in [5.74, 6) is 0. The SMILES string of the molecule is CCCCCCC(C)OS(=O)(=O)CS(=O)(=O)O. The van der Waals surface area contributed by atoms with Gasteiger partial charge >= 0.3 is 0 Å². The molecule has 0 saturated heterocycles. The molecule has 0 heterocycles. The second-order valence-corrected chi connectivity index (χ2v) is 7.43. The van der Waals surface area contributed by atoms with Crippen LogP contribution in [0.4, 0.5) is 0 Å². The van der Waals surface area contributed by atoms with Gasteiger partial charge in [-0.15, -0.1) is 0 Å². The molecule has 0 aliphatic heterocycles. The van der Waals surface area contributed by atoms with Crippen LogP contribution < -0.4 is 0 Å². The predicted octanol–water partition coefficient (Wildman–Crippen LogP) is 1.54. The highest BCUT2D eigenvalue weighted by Crippen LogP contribution is 2.11. The highest BCUT2D eigenvalue weighted by Gasteiger charge is 2.23. The van der Waals surface area contributed by atoms with E-state index in [0.29, 0.717) is 6.42 Å². The Morgan fingerprint density at radius 2 is 1.71 bits per heavy atom. The van der Waals surface area contributed by atoms with Crippen molar-refractivity contribution in [3.05, 3.63) is 0 Å². The Balaban J connectivity index is 4.06. The minimum absolute atomic E-state index is 0.546. The highest BCUT2D eigenvalue weighted by molar-refractivity contribution is 8.03. The molecule has 0 spiro atoms.